The summed E-state index contributed by atoms with van der Waals surface area (Å²) >= 11 is 1.25. The summed E-state index contributed by atoms with van der Waals surface area (Å²) in [6, 6.07) is 3.17. The number of carboxylic acid groups (broad SMARTS) is 1. The predicted octanol–water partition coefficient (Wildman–Crippen LogP) is 5.47. The summed E-state index contributed by atoms with van der Waals surface area (Å²) < 4.78 is 18.1. The Balaban J connectivity index is 1.36. The maximum atomic E-state index is 14.6. The van der Waals surface area contributed by atoms with Crippen molar-refractivity contribution >= 4 is 57.2 Å². The number of anilines is 1. The Morgan fingerprint density at radius 1 is 1.11 bits per heavy atom. The maximum Gasteiger partial charge on any atom is 0.408 e. The first-order chi connectivity index (χ1) is 26.6. The number of aromatic nitrogens is 2. The molecular formula is C40H50N6O9S. The molecule has 4 N–H and O–H groups in total. The second-order valence-corrected chi connectivity index (χ2v) is 16.6. The number of hydrogen-bond donors (Lipinski definition) is 4. The molecule has 2 aromatic heterocycles. The number of ether oxygens (including phenoxy) is 3. The molecule has 2 aliphatic carbocycles. The summed E-state index contributed by atoms with van der Waals surface area (Å²) in [4.78, 5) is 76.9. The van der Waals surface area contributed by atoms with Gasteiger partial charge in [-0.1, -0.05) is 33.8 Å². The first kappa shape index (κ1) is 40.4. The van der Waals surface area contributed by atoms with Crippen LogP contribution in [-0.4, -0.2) is 93.2 Å². The van der Waals surface area contributed by atoms with Crippen molar-refractivity contribution in [1.29, 1.82) is 0 Å². The van der Waals surface area contributed by atoms with E-state index in [1.54, 1.807) is 18.6 Å². The lowest BCUT2D eigenvalue weighted by atomic mass is 9.85. The molecule has 3 heterocycles. The highest BCUT2D eigenvalue weighted by Gasteiger charge is 2.61. The van der Waals surface area contributed by atoms with Gasteiger partial charge in [0.1, 0.15) is 47.0 Å². The molecule has 3 aliphatic rings. The van der Waals surface area contributed by atoms with Gasteiger partial charge >= 0.3 is 12.1 Å². The van der Waals surface area contributed by atoms with Crippen molar-refractivity contribution in [3.8, 4) is 22.9 Å². The number of likely N-dealkylation sites (tertiary alicyclic amines) is 1. The Morgan fingerprint density at radius 2 is 1.84 bits per heavy atom. The van der Waals surface area contributed by atoms with E-state index in [9.17, 15) is 29.1 Å². The number of pyridine rings is 1. The lowest BCUT2D eigenvalue weighted by Crippen LogP contribution is -2.59. The lowest BCUT2D eigenvalue weighted by Gasteiger charge is -2.35. The van der Waals surface area contributed by atoms with Gasteiger partial charge in [0, 0.05) is 41.7 Å². The molecule has 56 heavy (non-hydrogen) atoms. The van der Waals surface area contributed by atoms with Gasteiger partial charge in [-0.3, -0.25) is 14.4 Å². The molecule has 15 nitrogen and oxygen atoms in total. The molecule has 1 saturated heterocycles. The van der Waals surface area contributed by atoms with Gasteiger partial charge in [0.2, 0.25) is 17.7 Å². The smallest absolute Gasteiger partial charge is 0.408 e. The van der Waals surface area contributed by atoms with E-state index >= 15 is 0 Å². The molecule has 3 aromatic rings. The second-order valence-electron chi connectivity index (χ2n) is 15.8. The van der Waals surface area contributed by atoms with E-state index in [4.69, 9.17) is 19.2 Å². The number of carbonyl (C=O) groups is 5. The molecule has 0 bridgehead atoms. The Morgan fingerprint density at radius 3 is 2.45 bits per heavy atom. The molecule has 3 fully saturated rings. The van der Waals surface area contributed by atoms with Crippen LogP contribution >= 0.6 is 11.3 Å². The number of hydrogen-bond acceptors (Lipinski definition) is 11. The lowest BCUT2D eigenvalue weighted by molar-refractivity contribution is -0.146. The average molecular weight is 791 g/mol. The first-order valence-corrected chi connectivity index (χ1v) is 19.8. The zero-order valence-electron chi connectivity index (χ0n) is 32.6. The van der Waals surface area contributed by atoms with Crippen LogP contribution in [-0.2, 0) is 30.3 Å². The van der Waals surface area contributed by atoms with Crippen LogP contribution in [0.1, 0.15) is 78.7 Å². The minimum absolute atomic E-state index is 0.0226. The summed E-state index contributed by atoms with van der Waals surface area (Å²) in [7, 11) is 1.58. The van der Waals surface area contributed by atoms with Gasteiger partial charge in [0.25, 0.3) is 0 Å². The molecule has 4 amide bonds. The fourth-order valence-corrected chi connectivity index (χ4v) is 8.41. The van der Waals surface area contributed by atoms with Crippen LogP contribution in [0.25, 0.3) is 22.3 Å². The van der Waals surface area contributed by atoms with Gasteiger partial charge in [0.15, 0.2) is 5.13 Å². The van der Waals surface area contributed by atoms with Crippen molar-refractivity contribution in [3.05, 3.63) is 41.8 Å². The van der Waals surface area contributed by atoms with Crippen molar-refractivity contribution in [3.63, 3.8) is 0 Å². The summed E-state index contributed by atoms with van der Waals surface area (Å²) in [5.41, 5.74) is 0.0774. The third kappa shape index (κ3) is 8.30. The normalized spacial score (nSPS) is 22.6. The fraction of sp³-hybridized carbons (Fsp3) is 0.525. The molecule has 0 unspecified atom stereocenters. The molecule has 0 radical (unpaired) electrons. The van der Waals surface area contributed by atoms with Gasteiger partial charge in [0.05, 0.1) is 24.9 Å². The van der Waals surface area contributed by atoms with Gasteiger partial charge in [-0.2, -0.15) is 0 Å². The van der Waals surface area contributed by atoms with E-state index in [0.29, 0.717) is 45.3 Å². The number of amides is 4. The van der Waals surface area contributed by atoms with Crippen LogP contribution in [0.3, 0.4) is 0 Å². The zero-order chi connectivity index (χ0) is 40.5. The van der Waals surface area contributed by atoms with Crippen molar-refractivity contribution < 1.29 is 43.3 Å². The number of fused-ring (bicyclic) bond motifs is 1. The molecule has 1 aliphatic heterocycles. The number of alkyl carbamates (subject to hydrolysis) is 1. The quantitative estimate of drug-likeness (QED) is 0.160. The predicted molar refractivity (Wildman–Crippen MR) is 210 cm³/mol. The Bertz CT molecular complexity index is 2040. The molecular weight excluding hydrogens is 741 g/mol. The monoisotopic (exact) mass is 790 g/mol. The third-order valence-corrected chi connectivity index (χ3v) is 11.5. The summed E-state index contributed by atoms with van der Waals surface area (Å²) in [5, 5.41) is 21.1. The number of nitrogens with one attached hydrogen (secondary N) is 3. The van der Waals surface area contributed by atoms with Crippen molar-refractivity contribution in [2.24, 2.45) is 11.3 Å². The number of aryl methyl sites for hydroxylation is 1. The van der Waals surface area contributed by atoms with Crippen molar-refractivity contribution in [2.75, 3.05) is 19.0 Å². The van der Waals surface area contributed by atoms with Gasteiger partial charge < -0.3 is 40.2 Å². The van der Waals surface area contributed by atoms with Gasteiger partial charge in [-0.25, -0.2) is 19.6 Å². The van der Waals surface area contributed by atoms with E-state index in [-0.39, 0.29) is 31.4 Å². The number of carbonyl (C=O) groups excluding carboxylic acids is 4. The number of thiazole rings is 1. The van der Waals surface area contributed by atoms with Crippen LogP contribution in [0.5, 0.6) is 11.5 Å². The van der Waals surface area contributed by atoms with E-state index in [1.165, 1.54) is 29.2 Å². The minimum atomic E-state index is -1.53. The molecule has 0 spiro atoms. The fourth-order valence-electron chi connectivity index (χ4n) is 7.66. The summed E-state index contributed by atoms with van der Waals surface area (Å²) in [6.45, 7) is 12.5. The SMILES string of the molecule is C=C[C@@H]1C[C@]1(NC(=O)[C@@H]1C[C@@H](Oc2cc(-c3csc(NC(C)=O)n3)nc3c(CC)c(OC)ccc23)CN1C(=O)[C@@H](NC(=O)OC1CCCC1)C(C)(C)C)C(=O)O. The van der Waals surface area contributed by atoms with E-state index in [1.807, 2.05) is 39.8 Å². The van der Waals surface area contributed by atoms with Crippen LogP contribution < -0.4 is 25.4 Å². The molecule has 6 rings (SSSR count). The standard InChI is InChI=1S/C40H50N6O9S/c1-8-22-18-40(22,36(50)51)45-34(48)29-16-24(19-46(29)35(49)33(39(4,5)6)44-38(52)55-23-12-10-11-13-23)54-31-17-27(28-20-56-37(43-28)41-21(3)47)42-32-25(9-2)30(53-7)15-14-26(31)32/h8,14-15,17,20,22-24,29,33H,1,9-13,16,18-19H2,2-7H3,(H,44,52)(H,45,48)(H,50,51)(H,41,43,47)/t22-,24-,29+,33-,40-/m1/s1. The molecule has 2 saturated carbocycles. The van der Waals surface area contributed by atoms with Crippen molar-refractivity contribution in [2.45, 2.75) is 109 Å². The van der Waals surface area contributed by atoms with Crippen LogP contribution in [0.4, 0.5) is 9.93 Å². The highest BCUT2D eigenvalue weighted by atomic mass is 32.1. The molecule has 1 aromatic carbocycles. The number of rotatable bonds is 13. The van der Waals surface area contributed by atoms with Crippen LogP contribution in [0.2, 0.25) is 0 Å². The topological polar surface area (TPSA) is 198 Å². The molecule has 5 atom stereocenters. The van der Waals surface area contributed by atoms with Gasteiger partial charge in [-0.15, -0.1) is 17.9 Å². The number of benzene rings is 1. The zero-order valence-corrected chi connectivity index (χ0v) is 33.4. The number of aliphatic carboxylic acids is 1. The average Bonchev–Trinajstić information content (AvgIpc) is 3.55. The first-order valence-electron chi connectivity index (χ1n) is 18.9. The number of methoxy groups -OCH3 is 1. The Kier molecular flexibility index (Phi) is 11.6. The molecule has 300 valence electrons. The Hall–Kier alpha value is -5.25. The summed E-state index contributed by atoms with van der Waals surface area (Å²) in [6.07, 6.45) is 4.02. The second kappa shape index (κ2) is 16.1. The van der Waals surface area contributed by atoms with Crippen molar-refractivity contribution in [1.82, 2.24) is 25.5 Å². The third-order valence-electron chi connectivity index (χ3n) is 10.7. The summed E-state index contributed by atoms with van der Waals surface area (Å²) in [5.74, 6) is -2.05. The minimum Gasteiger partial charge on any atom is -0.496 e. The largest absolute Gasteiger partial charge is 0.496 e. The van der Waals surface area contributed by atoms with E-state index < -0.39 is 58.9 Å². The van der Waals surface area contributed by atoms with Crippen LogP contribution in [0, 0.1) is 11.3 Å². The number of nitrogens with zero attached hydrogens (tertiary/aromatic N) is 3. The highest BCUT2D eigenvalue weighted by molar-refractivity contribution is 7.14. The highest BCUT2D eigenvalue weighted by Crippen LogP contribution is 2.45. The number of carboxylic acids is 1. The van der Waals surface area contributed by atoms with E-state index in [2.05, 4.69) is 27.5 Å². The Labute approximate surface area is 329 Å². The van der Waals surface area contributed by atoms with Crippen LogP contribution in [0.15, 0.2) is 36.2 Å². The van der Waals surface area contributed by atoms with E-state index in [0.717, 1.165) is 31.2 Å². The molecule has 16 heteroatoms. The maximum absolute atomic E-state index is 14.6. The van der Waals surface area contributed by atoms with Gasteiger partial charge in [-0.05, 0) is 56.1 Å².